The van der Waals surface area contributed by atoms with E-state index in [-0.39, 0.29) is 5.56 Å². The van der Waals surface area contributed by atoms with Crippen molar-refractivity contribution in [3.8, 4) is 0 Å². The number of aliphatic imine (C=N–C) groups is 1. The standard InChI is InChI=1S/C18H22N6O/c1-13-12-15(25)24-16(14-6-4-3-5-7-14)20-17(21-18(24)19-13)23-10-8-22(2)9-11-23/h3-7,12,16H,8-11H2,1-2H3,(H,19,20,21)/t16-/m0/s1. The van der Waals surface area contributed by atoms with Crippen molar-refractivity contribution in [1.29, 1.82) is 0 Å². The first-order valence-corrected chi connectivity index (χ1v) is 8.55. The predicted octanol–water partition coefficient (Wildman–Crippen LogP) is 1.13. The van der Waals surface area contributed by atoms with Gasteiger partial charge in [-0.1, -0.05) is 30.3 Å². The van der Waals surface area contributed by atoms with Crippen LogP contribution in [0.5, 0.6) is 0 Å². The number of rotatable bonds is 1. The lowest BCUT2D eigenvalue weighted by molar-refractivity contribution is 0.213. The fourth-order valence-corrected chi connectivity index (χ4v) is 3.26. The zero-order valence-corrected chi connectivity index (χ0v) is 14.5. The van der Waals surface area contributed by atoms with Crippen LogP contribution in [0.25, 0.3) is 0 Å². The average Bonchev–Trinajstić information content (AvgIpc) is 2.62. The number of nitrogens with one attached hydrogen (secondary N) is 1. The van der Waals surface area contributed by atoms with Crippen LogP contribution in [0.15, 0.2) is 46.2 Å². The second-order valence-electron chi connectivity index (χ2n) is 6.58. The number of guanidine groups is 1. The molecule has 1 aromatic carbocycles. The Morgan fingerprint density at radius 1 is 1.12 bits per heavy atom. The number of likely N-dealkylation sites (N-methyl/N-ethyl adjacent to an activating group) is 1. The molecule has 0 radical (unpaired) electrons. The molecule has 0 unspecified atom stereocenters. The molecule has 0 amide bonds. The van der Waals surface area contributed by atoms with Crippen LogP contribution in [-0.2, 0) is 0 Å². The first-order valence-electron chi connectivity index (χ1n) is 8.55. The highest BCUT2D eigenvalue weighted by Gasteiger charge is 2.28. The Balaban J connectivity index is 1.78. The summed E-state index contributed by atoms with van der Waals surface area (Å²) in [4.78, 5) is 26.5. The minimum absolute atomic E-state index is 0.0926. The van der Waals surface area contributed by atoms with Gasteiger partial charge in [0.2, 0.25) is 11.9 Å². The Morgan fingerprint density at radius 3 is 2.56 bits per heavy atom. The largest absolute Gasteiger partial charge is 0.340 e. The van der Waals surface area contributed by atoms with Gasteiger partial charge in [-0.25, -0.2) is 9.98 Å². The van der Waals surface area contributed by atoms with Gasteiger partial charge >= 0.3 is 0 Å². The summed E-state index contributed by atoms with van der Waals surface area (Å²) in [6, 6.07) is 11.4. The van der Waals surface area contributed by atoms with E-state index in [2.05, 4.69) is 27.1 Å². The van der Waals surface area contributed by atoms with E-state index in [1.807, 2.05) is 37.3 Å². The summed E-state index contributed by atoms with van der Waals surface area (Å²) >= 11 is 0. The van der Waals surface area contributed by atoms with Gasteiger partial charge in [0.15, 0.2) is 6.17 Å². The van der Waals surface area contributed by atoms with Gasteiger partial charge in [-0.05, 0) is 19.5 Å². The molecule has 1 atom stereocenters. The number of piperazine rings is 1. The number of nitrogens with zero attached hydrogens (tertiary/aromatic N) is 5. The molecule has 0 spiro atoms. The molecule has 4 rings (SSSR count). The lowest BCUT2D eigenvalue weighted by Gasteiger charge is -2.37. The van der Waals surface area contributed by atoms with Gasteiger partial charge < -0.3 is 9.80 Å². The van der Waals surface area contributed by atoms with Gasteiger partial charge in [-0.2, -0.15) is 0 Å². The van der Waals surface area contributed by atoms with E-state index in [0.29, 0.717) is 11.6 Å². The molecule has 1 saturated heterocycles. The van der Waals surface area contributed by atoms with Gasteiger partial charge in [0.05, 0.1) is 0 Å². The lowest BCUT2D eigenvalue weighted by Crippen LogP contribution is -2.51. The maximum Gasteiger partial charge on any atom is 0.257 e. The first-order chi connectivity index (χ1) is 12.1. The van der Waals surface area contributed by atoms with Crippen molar-refractivity contribution in [3.63, 3.8) is 0 Å². The fraction of sp³-hybridized carbons (Fsp3) is 0.389. The molecule has 1 N–H and O–H groups in total. The van der Waals surface area contributed by atoms with E-state index in [4.69, 9.17) is 4.99 Å². The van der Waals surface area contributed by atoms with Crippen LogP contribution in [0.3, 0.4) is 0 Å². The van der Waals surface area contributed by atoms with Gasteiger partial charge in [-0.3, -0.25) is 14.7 Å². The number of anilines is 1. The Bertz CT molecular complexity index is 852. The molecule has 1 fully saturated rings. The minimum Gasteiger partial charge on any atom is -0.340 e. The topological polar surface area (TPSA) is 65.8 Å². The lowest BCUT2D eigenvalue weighted by atomic mass is 10.1. The van der Waals surface area contributed by atoms with Crippen molar-refractivity contribution >= 4 is 11.9 Å². The molecule has 7 nitrogen and oxygen atoms in total. The number of hydrogen-bond donors (Lipinski definition) is 1. The van der Waals surface area contributed by atoms with Crippen molar-refractivity contribution in [2.24, 2.45) is 4.99 Å². The maximum absolute atomic E-state index is 12.6. The van der Waals surface area contributed by atoms with Crippen molar-refractivity contribution in [2.45, 2.75) is 13.1 Å². The second-order valence-corrected chi connectivity index (χ2v) is 6.58. The Labute approximate surface area is 146 Å². The van der Waals surface area contributed by atoms with Crippen LogP contribution in [0.2, 0.25) is 0 Å². The summed E-state index contributed by atoms with van der Waals surface area (Å²) in [5.41, 5.74) is 1.59. The quantitative estimate of drug-likeness (QED) is 0.844. The van der Waals surface area contributed by atoms with Crippen molar-refractivity contribution < 1.29 is 0 Å². The number of aryl methyl sites for hydroxylation is 1. The molecule has 2 aliphatic rings. The molecule has 7 heteroatoms. The summed E-state index contributed by atoms with van der Waals surface area (Å²) in [5, 5.41) is 3.27. The molecular formula is C18H22N6O. The van der Waals surface area contributed by atoms with Crippen LogP contribution < -0.4 is 10.9 Å². The second kappa shape index (κ2) is 6.33. The van der Waals surface area contributed by atoms with E-state index in [9.17, 15) is 4.79 Å². The van der Waals surface area contributed by atoms with Crippen LogP contribution in [0.4, 0.5) is 5.95 Å². The number of benzene rings is 1. The van der Waals surface area contributed by atoms with Crippen LogP contribution in [0, 0.1) is 6.92 Å². The fourth-order valence-electron chi connectivity index (χ4n) is 3.26. The Kier molecular flexibility index (Phi) is 4.01. The van der Waals surface area contributed by atoms with Crippen LogP contribution in [-0.4, -0.2) is 58.5 Å². The monoisotopic (exact) mass is 338 g/mol. The highest BCUT2D eigenvalue weighted by Crippen LogP contribution is 2.26. The smallest absolute Gasteiger partial charge is 0.257 e. The van der Waals surface area contributed by atoms with Crippen LogP contribution >= 0.6 is 0 Å². The van der Waals surface area contributed by atoms with E-state index in [1.165, 1.54) is 0 Å². The maximum atomic E-state index is 12.6. The predicted molar refractivity (Wildman–Crippen MR) is 97.9 cm³/mol. The molecule has 130 valence electrons. The SMILES string of the molecule is Cc1cc(=O)n2c(n1)NC(N1CCN(C)CC1)=N[C@@H]2c1ccccc1. The van der Waals surface area contributed by atoms with Gasteiger partial charge in [-0.15, -0.1) is 0 Å². The number of hydrogen-bond acceptors (Lipinski definition) is 6. The average molecular weight is 338 g/mol. The van der Waals surface area contributed by atoms with Crippen molar-refractivity contribution in [3.05, 3.63) is 58.0 Å². The summed E-state index contributed by atoms with van der Waals surface area (Å²) in [5.74, 6) is 1.35. The third-order valence-electron chi connectivity index (χ3n) is 4.69. The van der Waals surface area contributed by atoms with Crippen LogP contribution in [0.1, 0.15) is 17.4 Å². The highest BCUT2D eigenvalue weighted by molar-refractivity contribution is 5.93. The molecule has 1 aromatic heterocycles. The van der Waals surface area contributed by atoms with E-state index in [1.54, 1.807) is 10.6 Å². The summed E-state index contributed by atoms with van der Waals surface area (Å²) < 4.78 is 1.63. The minimum atomic E-state index is -0.396. The zero-order chi connectivity index (χ0) is 17.4. The molecular weight excluding hydrogens is 316 g/mol. The molecule has 0 bridgehead atoms. The number of aromatic nitrogens is 2. The molecule has 2 aromatic rings. The van der Waals surface area contributed by atoms with Gasteiger partial charge in [0, 0.05) is 37.9 Å². The molecule has 0 saturated carbocycles. The van der Waals surface area contributed by atoms with E-state index >= 15 is 0 Å². The summed E-state index contributed by atoms with van der Waals surface area (Å²) in [7, 11) is 2.12. The van der Waals surface area contributed by atoms with Gasteiger partial charge in [0.25, 0.3) is 5.56 Å². The molecule has 3 heterocycles. The van der Waals surface area contributed by atoms with E-state index < -0.39 is 6.17 Å². The summed E-state index contributed by atoms with van der Waals surface area (Å²) in [6.07, 6.45) is -0.396. The Hall–Kier alpha value is -2.67. The summed E-state index contributed by atoms with van der Waals surface area (Å²) in [6.45, 7) is 5.62. The third kappa shape index (κ3) is 3.02. The van der Waals surface area contributed by atoms with E-state index in [0.717, 1.165) is 37.7 Å². The molecule has 2 aliphatic heterocycles. The third-order valence-corrected chi connectivity index (χ3v) is 4.69. The van der Waals surface area contributed by atoms with Gasteiger partial charge in [0.1, 0.15) is 0 Å². The molecule has 25 heavy (non-hydrogen) atoms. The van der Waals surface area contributed by atoms with Crippen molar-refractivity contribution in [1.82, 2.24) is 19.4 Å². The molecule has 0 aliphatic carbocycles. The first kappa shape index (κ1) is 15.8. The Morgan fingerprint density at radius 2 is 1.84 bits per heavy atom. The zero-order valence-electron chi connectivity index (χ0n) is 14.5. The number of fused-ring (bicyclic) bond motifs is 1. The highest BCUT2D eigenvalue weighted by atomic mass is 16.1. The van der Waals surface area contributed by atoms with Crippen molar-refractivity contribution in [2.75, 3.05) is 38.5 Å². The normalized spacial score (nSPS) is 20.6.